The molecule has 1 saturated heterocycles. The van der Waals surface area contributed by atoms with Gasteiger partial charge in [0.1, 0.15) is 11.5 Å². The zero-order valence-electron chi connectivity index (χ0n) is 16.6. The molecule has 1 aliphatic heterocycles. The minimum Gasteiger partial charge on any atom is -0.478 e. The average Bonchev–Trinajstić information content (AvgIpc) is 3.32. The number of hydrogen-bond donors (Lipinski definition) is 2. The van der Waals surface area contributed by atoms with Gasteiger partial charge in [-0.05, 0) is 55.0 Å². The number of carboxylic acids is 2. The molecule has 9 heteroatoms. The quantitative estimate of drug-likeness (QED) is 0.398. The lowest BCUT2D eigenvalue weighted by Crippen LogP contribution is -2.27. The molecule has 0 saturated carbocycles. The van der Waals surface area contributed by atoms with Crippen molar-refractivity contribution in [3.05, 3.63) is 82.0 Å². The summed E-state index contributed by atoms with van der Waals surface area (Å²) in [4.78, 5) is 37.4. The van der Waals surface area contributed by atoms with Gasteiger partial charge in [0.25, 0.3) is 5.91 Å². The van der Waals surface area contributed by atoms with Crippen LogP contribution in [-0.2, 0) is 4.79 Å². The van der Waals surface area contributed by atoms with Gasteiger partial charge in [-0.2, -0.15) is 0 Å². The molecule has 160 valence electrons. The van der Waals surface area contributed by atoms with Gasteiger partial charge in [-0.25, -0.2) is 9.59 Å². The third kappa shape index (κ3) is 4.20. The summed E-state index contributed by atoms with van der Waals surface area (Å²) in [6, 6.07) is 14.4. The third-order valence-corrected chi connectivity index (χ3v) is 5.97. The summed E-state index contributed by atoms with van der Waals surface area (Å²) in [5.74, 6) is -2.15. The minimum absolute atomic E-state index is 0.170. The number of carbonyl (C=O) groups is 3. The molecule has 1 aliphatic rings. The molecule has 2 heterocycles. The molecule has 3 aromatic rings. The highest BCUT2D eigenvalue weighted by Crippen LogP contribution is 2.37. The highest BCUT2D eigenvalue weighted by molar-refractivity contribution is 8.27. The molecule has 0 aliphatic carbocycles. The standard InChI is InChI=1S/C23H15NO6S2/c1-12-3-2-4-16(7-12)24-20(25)19(32-23(24)31)11-17-5-6-18(30-17)13-8-14(21(26)27)10-15(9-13)22(28)29/h2-11H,1H3,(H,26,27)(H,28,29)/b19-11-. The van der Waals surface area contributed by atoms with Crippen molar-refractivity contribution in [1.82, 2.24) is 0 Å². The molecular weight excluding hydrogens is 450 g/mol. The molecule has 0 unspecified atom stereocenters. The second-order valence-corrected chi connectivity index (χ2v) is 8.64. The maximum Gasteiger partial charge on any atom is 0.335 e. The van der Waals surface area contributed by atoms with Crippen LogP contribution < -0.4 is 4.90 Å². The lowest BCUT2D eigenvalue weighted by Gasteiger charge is -2.14. The number of nitrogens with zero attached hydrogens (tertiary/aromatic N) is 1. The van der Waals surface area contributed by atoms with E-state index in [1.54, 1.807) is 24.3 Å². The normalized spacial score (nSPS) is 14.9. The fourth-order valence-corrected chi connectivity index (χ4v) is 4.47. The Kier molecular flexibility index (Phi) is 5.68. The van der Waals surface area contributed by atoms with Gasteiger partial charge in [-0.3, -0.25) is 9.69 Å². The van der Waals surface area contributed by atoms with Crippen molar-refractivity contribution in [1.29, 1.82) is 0 Å². The summed E-state index contributed by atoms with van der Waals surface area (Å²) in [5, 5.41) is 18.5. The van der Waals surface area contributed by atoms with Gasteiger partial charge < -0.3 is 14.6 Å². The Bertz CT molecular complexity index is 1290. The van der Waals surface area contributed by atoms with Crippen molar-refractivity contribution < 1.29 is 29.0 Å². The fourth-order valence-electron chi connectivity index (χ4n) is 3.19. The smallest absolute Gasteiger partial charge is 0.335 e. The van der Waals surface area contributed by atoms with Crippen LogP contribution in [0, 0.1) is 6.92 Å². The van der Waals surface area contributed by atoms with Crippen LogP contribution in [0.1, 0.15) is 32.0 Å². The lowest BCUT2D eigenvalue weighted by atomic mass is 10.0. The van der Waals surface area contributed by atoms with Gasteiger partial charge in [0.15, 0.2) is 4.32 Å². The van der Waals surface area contributed by atoms with Crippen molar-refractivity contribution in [3.8, 4) is 11.3 Å². The first kappa shape index (κ1) is 21.5. The highest BCUT2D eigenvalue weighted by Gasteiger charge is 2.33. The zero-order valence-corrected chi connectivity index (χ0v) is 18.2. The Morgan fingerprint density at radius 3 is 2.34 bits per heavy atom. The Morgan fingerprint density at radius 2 is 1.72 bits per heavy atom. The number of aryl methyl sites for hydroxylation is 1. The summed E-state index contributed by atoms with van der Waals surface area (Å²) >= 11 is 6.53. The van der Waals surface area contributed by atoms with E-state index in [0.29, 0.717) is 26.2 Å². The number of hydrogen-bond acceptors (Lipinski definition) is 6. The molecule has 0 atom stereocenters. The molecule has 7 nitrogen and oxygen atoms in total. The number of anilines is 1. The summed E-state index contributed by atoms with van der Waals surface area (Å²) in [5.41, 5.74) is 1.64. The van der Waals surface area contributed by atoms with E-state index >= 15 is 0 Å². The first-order valence-corrected chi connectivity index (χ1v) is 10.5. The molecule has 1 aromatic heterocycles. The Hall–Kier alpha value is -3.69. The SMILES string of the molecule is Cc1cccc(N2C(=O)/C(=C/c3ccc(-c4cc(C(=O)O)cc(C(=O)O)c4)o3)SC2=S)c1. The predicted molar refractivity (Wildman–Crippen MR) is 125 cm³/mol. The molecule has 2 aromatic carbocycles. The van der Waals surface area contributed by atoms with E-state index in [2.05, 4.69) is 0 Å². The molecule has 0 radical (unpaired) electrons. The number of carbonyl (C=O) groups excluding carboxylic acids is 1. The van der Waals surface area contributed by atoms with E-state index in [1.165, 1.54) is 17.0 Å². The van der Waals surface area contributed by atoms with Crippen LogP contribution in [0.15, 0.2) is 63.9 Å². The number of amides is 1. The molecule has 0 spiro atoms. The Morgan fingerprint density at radius 1 is 1.03 bits per heavy atom. The second-order valence-electron chi connectivity index (χ2n) is 6.97. The number of thioether (sulfide) groups is 1. The largest absolute Gasteiger partial charge is 0.478 e. The predicted octanol–water partition coefficient (Wildman–Crippen LogP) is 5.06. The molecule has 1 fully saturated rings. The van der Waals surface area contributed by atoms with E-state index in [9.17, 15) is 24.6 Å². The van der Waals surface area contributed by atoms with Crippen molar-refractivity contribution in [2.24, 2.45) is 0 Å². The van der Waals surface area contributed by atoms with E-state index in [1.807, 2.05) is 25.1 Å². The van der Waals surface area contributed by atoms with Gasteiger partial charge in [0.05, 0.1) is 21.7 Å². The maximum absolute atomic E-state index is 12.9. The highest BCUT2D eigenvalue weighted by atomic mass is 32.2. The van der Waals surface area contributed by atoms with E-state index in [0.717, 1.165) is 23.4 Å². The summed E-state index contributed by atoms with van der Waals surface area (Å²) in [7, 11) is 0. The van der Waals surface area contributed by atoms with Gasteiger partial charge in [-0.15, -0.1) is 0 Å². The van der Waals surface area contributed by atoms with Crippen LogP contribution in [-0.4, -0.2) is 32.4 Å². The number of carboxylic acid groups (broad SMARTS) is 2. The Balaban J connectivity index is 1.65. The van der Waals surface area contributed by atoms with Crippen LogP contribution >= 0.6 is 24.0 Å². The fraction of sp³-hybridized carbons (Fsp3) is 0.0435. The number of rotatable bonds is 5. The van der Waals surface area contributed by atoms with E-state index in [-0.39, 0.29) is 22.8 Å². The lowest BCUT2D eigenvalue weighted by molar-refractivity contribution is -0.113. The van der Waals surface area contributed by atoms with E-state index < -0.39 is 11.9 Å². The summed E-state index contributed by atoms with van der Waals surface area (Å²) < 4.78 is 6.16. The van der Waals surface area contributed by atoms with Crippen molar-refractivity contribution in [2.75, 3.05) is 4.90 Å². The third-order valence-electron chi connectivity index (χ3n) is 4.67. The van der Waals surface area contributed by atoms with Gasteiger partial charge in [0.2, 0.25) is 0 Å². The van der Waals surface area contributed by atoms with Gasteiger partial charge in [0, 0.05) is 11.6 Å². The van der Waals surface area contributed by atoms with Crippen LogP contribution in [0.4, 0.5) is 5.69 Å². The number of aromatic carboxylic acids is 2. The summed E-state index contributed by atoms with van der Waals surface area (Å²) in [6.45, 7) is 1.93. The first-order valence-electron chi connectivity index (χ1n) is 9.29. The summed E-state index contributed by atoms with van der Waals surface area (Å²) in [6.07, 6.45) is 1.55. The molecule has 4 rings (SSSR count). The molecular formula is C23H15NO6S2. The number of benzene rings is 2. The minimum atomic E-state index is -1.25. The molecule has 32 heavy (non-hydrogen) atoms. The maximum atomic E-state index is 12.9. The van der Waals surface area contributed by atoms with Crippen molar-refractivity contribution in [3.63, 3.8) is 0 Å². The van der Waals surface area contributed by atoms with Crippen LogP contribution in [0.5, 0.6) is 0 Å². The number of thiocarbonyl (C=S) groups is 1. The van der Waals surface area contributed by atoms with Crippen LogP contribution in [0.3, 0.4) is 0 Å². The van der Waals surface area contributed by atoms with Crippen molar-refractivity contribution >= 4 is 57.9 Å². The van der Waals surface area contributed by atoms with Crippen molar-refractivity contribution in [2.45, 2.75) is 6.92 Å². The molecule has 0 bridgehead atoms. The Labute approximate surface area is 192 Å². The zero-order chi connectivity index (χ0) is 23.0. The van der Waals surface area contributed by atoms with Gasteiger partial charge >= 0.3 is 11.9 Å². The second kappa shape index (κ2) is 8.45. The average molecular weight is 466 g/mol. The topological polar surface area (TPSA) is 108 Å². The van der Waals surface area contributed by atoms with Crippen LogP contribution in [0.25, 0.3) is 17.4 Å². The molecule has 2 N–H and O–H groups in total. The first-order chi connectivity index (χ1) is 15.2. The number of furan rings is 1. The monoisotopic (exact) mass is 465 g/mol. The van der Waals surface area contributed by atoms with Crippen LogP contribution in [0.2, 0.25) is 0 Å². The van der Waals surface area contributed by atoms with Gasteiger partial charge in [-0.1, -0.05) is 36.1 Å². The van der Waals surface area contributed by atoms with E-state index in [4.69, 9.17) is 16.6 Å². The molecule has 1 amide bonds.